The molecule has 0 saturated carbocycles. The monoisotopic (exact) mass is 256 g/mol. The van der Waals surface area contributed by atoms with Crippen LogP contribution in [0.5, 0.6) is 0 Å². The van der Waals surface area contributed by atoms with E-state index in [9.17, 15) is 14.9 Å². The van der Waals surface area contributed by atoms with Crippen molar-refractivity contribution in [1.82, 2.24) is 10.3 Å². The first kappa shape index (κ1) is 11.6. The molecule has 0 aromatic carbocycles. The maximum atomic E-state index is 11.0. The van der Waals surface area contributed by atoms with E-state index >= 15 is 0 Å². The lowest BCUT2D eigenvalue weighted by atomic mass is 10.2. The van der Waals surface area contributed by atoms with Crippen LogP contribution in [-0.2, 0) is 4.79 Å². The van der Waals surface area contributed by atoms with Gasteiger partial charge in [-0.1, -0.05) is 11.6 Å². The number of carbonyl (C=O) groups excluding carboxylic acids is 1. The van der Waals surface area contributed by atoms with Crippen LogP contribution in [0.2, 0.25) is 5.15 Å². The van der Waals surface area contributed by atoms with Gasteiger partial charge in [-0.25, -0.2) is 4.98 Å². The molecule has 1 atom stereocenters. The van der Waals surface area contributed by atoms with Crippen LogP contribution in [0.1, 0.15) is 6.42 Å². The Labute approximate surface area is 101 Å². The normalized spacial score (nSPS) is 18.9. The summed E-state index contributed by atoms with van der Waals surface area (Å²) in [5, 5.41) is 16.4. The molecule has 1 amide bonds. The summed E-state index contributed by atoms with van der Waals surface area (Å²) in [6.07, 6.45) is 0.269. The molecular weight excluding hydrogens is 248 g/mol. The van der Waals surface area contributed by atoms with E-state index in [0.717, 1.165) is 0 Å². The highest BCUT2D eigenvalue weighted by atomic mass is 35.5. The lowest BCUT2D eigenvalue weighted by Gasteiger charge is -2.11. The van der Waals surface area contributed by atoms with E-state index in [-0.39, 0.29) is 35.0 Å². The third-order valence-electron chi connectivity index (χ3n) is 2.35. The Morgan fingerprint density at radius 1 is 1.59 bits per heavy atom. The Bertz CT molecular complexity index is 479. The van der Waals surface area contributed by atoms with Gasteiger partial charge in [-0.2, -0.15) is 0 Å². The van der Waals surface area contributed by atoms with Gasteiger partial charge < -0.3 is 10.6 Å². The lowest BCUT2D eigenvalue weighted by Crippen LogP contribution is -2.23. The van der Waals surface area contributed by atoms with E-state index in [1.54, 1.807) is 0 Å². The number of pyridine rings is 1. The van der Waals surface area contributed by atoms with Crippen LogP contribution in [0.3, 0.4) is 0 Å². The minimum atomic E-state index is -0.546. The van der Waals surface area contributed by atoms with Crippen molar-refractivity contribution < 1.29 is 9.72 Å². The van der Waals surface area contributed by atoms with Crippen molar-refractivity contribution in [2.75, 3.05) is 11.9 Å². The Morgan fingerprint density at radius 3 is 2.94 bits per heavy atom. The number of aromatic nitrogens is 1. The second-order valence-corrected chi connectivity index (χ2v) is 4.00. The first-order valence-electron chi connectivity index (χ1n) is 4.90. The molecule has 0 aliphatic carbocycles. The summed E-state index contributed by atoms with van der Waals surface area (Å²) in [5.41, 5.74) is -0.159. The molecule has 17 heavy (non-hydrogen) atoms. The highest BCUT2D eigenvalue weighted by Gasteiger charge is 2.25. The molecule has 1 aliphatic rings. The van der Waals surface area contributed by atoms with Crippen LogP contribution >= 0.6 is 11.6 Å². The highest BCUT2D eigenvalue weighted by Crippen LogP contribution is 2.25. The molecule has 0 spiro atoms. The summed E-state index contributed by atoms with van der Waals surface area (Å²) < 4.78 is 0. The molecule has 7 nitrogen and oxygen atoms in total. The topological polar surface area (TPSA) is 97.2 Å². The molecule has 1 aliphatic heterocycles. The Balaban J connectivity index is 2.21. The van der Waals surface area contributed by atoms with Crippen LogP contribution in [0.15, 0.2) is 12.1 Å². The summed E-state index contributed by atoms with van der Waals surface area (Å²) in [6, 6.07) is 2.43. The predicted octanol–water partition coefficient (Wildman–Crippen LogP) is 0.944. The minimum Gasteiger partial charge on any atom is -0.359 e. The summed E-state index contributed by atoms with van der Waals surface area (Å²) in [4.78, 5) is 25.1. The van der Waals surface area contributed by atoms with Gasteiger partial charge in [-0.15, -0.1) is 0 Å². The average molecular weight is 257 g/mol. The highest BCUT2D eigenvalue weighted by molar-refractivity contribution is 6.29. The van der Waals surface area contributed by atoms with Gasteiger partial charge in [0.05, 0.1) is 11.0 Å². The molecule has 1 fully saturated rings. The zero-order valence-electron chi connectivity index (χ0n) is 8.64. The van der Waals surface area contributed by atoms with Gasteiger partial charge in [0.25, 0.3) is 0 Å². The summed E-state index contributed by atoms with van der Waals surface area (Å²) in [5.74, 6) is -0.00354. The number of nitrogens with zero attached hydrogens (tertiary/aromatic N) is 2. The number of rotatable bonds is 3. The maximum Gasteiger partial charge on any atom is 0.311 e. The van der Waals surface area contributed by atoms with Crippen molar-refractivity contribution in [2.24, 2.45) is 0 Å². The second kappa shape index (κ2) is 4.54. The molecule has 0 radical (unpaired) electrons. The van der Waals surface area contributed by atoms with Gasteiger partial charge in [0.15, 0.2) is 0 Å². The number of carbonyl (C=O) groups is 1. The second-order valence-electron chi connectivity index (χ2n) is 3.61. The fraction of sp³-hybridized carbons (Fsp3) is 0.333. The summed E-state index contributed by atoms with van der Waals surface area (Å²) in [7, 11) is 0. The standard InChI is InChI=1S/C9H9ClN4O3/c10-7-2-1-6(14(16)17)9(13-7)12-5-3-8(15)11-4-5/h1-2,5H,3-4H2,(H,11,15)(H,12,13). The minimum absolute atomic E-state index is 0.0870. The third kappa shape index (κ3) is 2.62. The van der Waals surface area contributed by atoms with E-state index in [1.165, 1.54) is 12.1 Å². The van der Waals surface area contributed by atoms with E-state index in [1.807, 2.05) is 0 Å². The average Bonchev–Trinajstić information content (AvgIpc) is 2.63. The number of anilines is 1. The fourth-order valence-corrected chi connectivity index (χ4v) is 1.73. The molecule has 0 bridgehead atoms. The Morgan fingerprint density at radius 2 is 2.35 bits per heavy atom. The number of halogens is 1. The number of nitro groups is 1. The van der Waals surface area contributed by atoms with Gasteiger partial charge in [-0.05, 0) is 6.07 Å². The number of nitrogens with one attached hydrogen (secondary N) is 2. The molecule has 1 saturated heterocycles. The van der Waals surface area contributed by atoms with Crippen molar-refractivity contribution in [2.45, 2.75) is 12.5 Å². The lowest BCUT2D eigenvalue weighted by molar-refractivity contribution is -0.384. The van der Waals surface area contributed by atoms with Gasteiger partial charge in [-0.3, -0.25) is 14.9 Å². The number of hydrogen-bond donors (Lipinski definition) is 2. The first-order valence-corrected chi connectivity index (χ1v) is 5.28. The van der Waals surface area contributed by atoms with Crippen molar-refractivity contribution >= 4 is 29.0 Å². The summed E-state index contributed by atoms with van der Waals surface area (Å²) >= 11 is 5.68. The van der Waals surface area contributed by atoms with Crippen LogP contribution < -0.4 is 10.6 Å². The first-order chi connectivity index (χ1) is 8.06. The smallest absolute Gasteiger partial charge is 0.311 e. The molecule has 1 aromatic heterocycles. The zero-order chi connectivity index (χ0) is 12.4. The SMILES string of the molecule is O=C1CC(Nc2nc(Cl)ccc2[N+](=O)[O-])CN1. The van der Waals surface area contributed by atoms with Crippen LogP contribution in [0.4, 0.5) is 11.5 Å². The quantitative estimate of drug-likeness (QED) is 0.477. The van der Waals surface area contributed by atoms with Gasteiger partial charge in [0, 0.05) is 19.0 Å². The van der Waals surface area contributed by atoms with Crippen LogP contribution in [0.25, 0.3) is 0 Å². The maximum absolute atomic E-state index is 11.0. The molecule has 90 valence electrons. The molecule has 2 heterocycles. The predicted molar refractivity (Wildman–Crippen MR) is 60.9 cm³/mol. The summed E-state index contributed by atoms with van der Waals surface area (Å²) in [6.45, 7) is 0.421. The van der Waals surface area contributed by atoms with E-state index < -0.39 is 4.92 Å². The fourth-order valence-electron chi connectivity index (χ4n) is 1.58. The van der Waals surface area contributed by atoms with Crippen LogP contribution in [-0.4, -0.2) is 28.4 Å². The molecule has 1 unspecified atom stereocenters. The van der Waals surface area contributed by atoms with E-state index in [4.69, 9.17) is 11.6 Å². The van der Waals surface area contributed by atoms with Gasteiger partial charge >= 0.3 is 5.69 Å². The van der Waals surface area contributed by atoms with E-state index in [0.29, 0.717) is 6.54 Å². The Hall–Kier alpha value is -1.89. The molecule has 8 heteroatoms. The number of hydrogen-bond acceptors (Lipinski definition) is 5. The van der Waals surface area contributed by atoms with E-state index in [2.05, 4.69) is 15.6 Å². The third-order valence-corrected chi connectivity index (χ3v) is 2.57. The van der Waals surface area contributed by atoms with Crippen molar-refractivity contribution in [3.05, 3.63) is 27.4 Å². The largest absolute Gasteiger partial charge is 0.359 e. The van der Waals surface area contributed by atoms with Crippen molar-refractivity contribution in [1.29, 1.82) is 0 Å². The zero-order valence-corrected chi connectivity index (χ0v) is 9.40. The molecular formula is C9H9ClN4O3. The molecule has 2 N–H and O–H groups in total. The number of amides is 1. The molecule has 2 rings (SSSR count). The van der Waals surface area contributed by atoms with Crippen molar-refractivity contribution in [3.63, 3.8) is 0 Å². The molecule has 1 aromatic rings. The van der Waals surface area contributed by atoms with Crippen LogP contribution in [0, 0.1) is 10.1 Å². The van der Waals surface area contributed by atoms with Gasteiger partial charge in [0.1, 0.15) is 5.15 Å². The van der Waals surface area contributed by atoms with Gasteiger partial charge in [0.2, 0.25) is 11.7 Å². The Kier molecular flexibility index (Phi) is 3.10. The van der Waals surface area contributed by atoms with Crippen molar-refractivity contribution in [3.8, 4) is 0 Å².